The molecule has 0 fully saturated rings. The first kappa shape index (κ1) is 20.1. The molecule has 3 aromatic carbocycles. The van der Waals surface area contributed by atoms with Gasteiger partial charge in [0.15, 0.2) is 0 Å². The van der Waals surface area contributed by atoms with Crippen LogP contribution in [0.3, 0.4) is 0 Å². The Morgan fingerprint density at radius 1 is 1.04 bits per heavy atom. The van der Waals surface area contributed by atoms with Crippen LogP contribution in [0.15, 0.2) is 66.7 Å². The average molecular weight is 377 g/mol. The highest BCUT2D eigenvalue weighted by molar-refractivity contribution is 5.87. The number of benzene rings is 3. The van der Waals surface area contributed by atoms with Crippen LogP contribution in [-0.4, -0.2) is 23.7 Å². The fourth-order valence-electron chi connectivity index (χ4n) is 3.33. The Labute approximate surface area is 166 Å². The molecule has 0 aromatic heterocycles. The Bertz CT molecular complexity index is 900. The molecule has 4 nitrogen and oxygen atoms in total. The second-order valence-corrected chi connectivity index (χ2v) is 6.99. The first-order chi connectivity index (χ1) is 13.7. The number of hydrogen-bond donors (Lipinski definition) is 2. The second-order valence-electron chi connectivity index (χ2n) is 6.99. The van der Waals surface area contributed by atoms with Gasteiger partial charge in [0.1, 0.15) is 0 Å². The smallest absolute Gasteiger partial charge is 0.335 e. The number of carboxylic acid groups (broad SMARTS) is 1. The van der Waals surface area contributed by atoms with Crippen LogP contribution >= 0.6 is 0 Å². The maximum absolute atomic E-state index is 10.9. The van der Waals surface area contributed by atoms with Crippen LogP contribution in [0.1, 0.15) is 41.3 Å². The lowest BCUT2D eigenvalue weighted by atomic mass is 10.1. The standard InChI is InChI=1S/C24H27NO3/c1-2-6-22(16-25-15-18-11-13-20(14-12-18)24(26)27)28-17-21-9-5-8-19-7-3-4-10-23(19)21/h3-5,7-14,22,25H,2,6,15-17H2,1H3,(H,26,27). The van der Waals surface area contributed by atoms with E-state index in [1.165, 1.54) is 16.3 Å². The van der Waals surface area contributed by atoms with Gasteiger partial charge in [-0.2, -0.15) is 0 Å². The first-order valence-corrected chi connectivity index (χ1v) is 9.78. The molecule has 0 spiro atoms. The van der Waals surface area contributed by atoms with E-state index in [1.807, 2.05) is 12.1 Å². The SMILES string of the molecule is CCCC(CNCc1ccc(C(=O)O)cc1)OCc1cccc2ccccc12. The molecule has 0 heterocycles. The minimum Gasteiger partial charge on any atom is -0.478 e. The molecule has 0 aliphatic rings. The number of fused-ring (bicyclic) bond motifs is 1. The van der Waals surface area contributed by atoms with E-state index < -0.39 is 5.97 Å². The van der Waals surface area contributed by atoms with E-state index in [0.717, 1.165) is 24.9 Å². The highest BCUT2D eigenvalue weighted by atomic mass is 16.5. The summed E-state index contributed by atoms with van der Waals surface area (Å²) in [5, 5.41) is 14.9. The summed E-state index contributed by atoms with van der Waals surface area (Å²) in [6, 6.07) is 21.7. The molecule has 0 bridgehead atoms. The quantitative estimate of drug-likeness (QED) is 0.521. The molecular weight excluding hydrogens is 350 g/mol. The molecule has 28 heavy (non-hydrogen) atoms. The lowest BCUT2D eigenvalue weighted by Crippen LogP contribution is -2.28. The molecule has 3 aromatic rings. The Morgan fingerprint density at radius 3 is 2.54 bits per heavy atom. The minimum absolute atomic E-state index is 0.141. The molecule has 0 saturated carbocycles. The first-order valence-electron chi connectivity index (χ1n) is 9.78. The zero-order chi connectivity index (χ0) is 19.8. The summed E-state index contributed by atoms with van der Waals surface area (Å²) in [5.41, 5.74) is 2.59. The van der Waals surface area contributed by atoms with Crippen LogP contribution in [0.2, 0.25) is 0 Å². The van der Waals surface area contributed by atoms with E-state index in [4.69, 9.17) is 9.84 Å². The molecule has 0 aliphatic carbocycles. The van der Waals surface area contributed by atoms with Gasteiger partial charge in [0, 0.05) is 13.1 Å². The third-order valence-corrected chi connectivity index (χ3v) is 4.87. The van der Waals surface area contributed by atoms with Crippen molar-refractivity contribution in [2.24, 2.45) is 0 Å². The minimum atomic E-state index is -0.899. The number of carboxylic acids is 1. The lowest BCUT2D eigenvalue weighted by molar-refractivity contribution is 0.0352. The summed E-state index contributed by atoms with van der Waals surface area (Å²) in [6.45, 7) is 4.22. The van der Waals surface area contributed by atoms with E-state index in [2.05, 4.69) is 54.7 Å². The van der Waals surface area contributed by atoms with Gasteiger partial charge in [-0.3, -0.25) is 0 Å². The van der Waals surface area contributed by atoms with Crippen LogP contribution in [0.25, 0.3) is 10.8 Å². The Hall–Kier alpha value is -2.69. The number of rotatable bonds is 10. The Kier molecular flexibility index (Phi) is 7.18. The monoisotopic (exact) mass is 377 g/mol. The third-order valence-electron chi connectivity index (χ3n) is 4.87. The fraction of sp³-hybridized carbons (Fsp3) is 0.292. The van der Waals surface area contributed by atoms with Crippen LogP contribution in [-0.2, 0) is 17.9 Å². The van der Waals surface area contributed by atoms with Crippen molar-refractivity contribution in [3.63, 3.8) is 0 Å². The van der Waals surface area contributed by atoms with Gasteiger partial charge in [0.2, 0.25) is 0 Å². The number of ether oxygens (including phenoxy) is 1. The summed E-state index contributed by atoms with van der Waals surface area (Å²) in [4.78, 5) is 10.9. The Morgan fingerprint density at radius 2 is 1.79 bits per heavy atom. The van der Waals surface area contributed by atoms with Crippen LogP contribution < -0.4 is 5.32 Å². The summed E-state index contributed by atoms with van der Waals surface area (Å²) in [5.74, 6) is -0.899. The zero-order valence-corrected chi connectivity index (χ0v) is 16.2. The maximum Gasteiger partial charge on any atom is 0.335 e. The van der Waals surface area contributed by atoms with Crippen molar-refractivity contribution in [3.05, 3.63) is 83.4 Å². The topological polar surface area (TPSA) is 58.6 Å². The zero-order valence-electron chi connectivity index (χ0n) is 16.2. The second kappa shape index (κ2) is 10.0. The molecule has 4 heteroatoms. The molecule has 1 atom stereocenters. The summed E-state index contributed by atoms with van der Waals surface area (Å²) < 4.78 is 6.22. The summed E-state index contributed by atoms with van der Waals surface area (Å²) in [7, 11) is 0. The van der Waals surface area contributed by atoms with Gasteiger partial charge in [0.05, 0.1) is 18.3 Å². The highest BCUT2D eigenvalue weighted by Gasteiger charge is 2.10. The third kappa shape index (κ3) is 5.41. The normalized spacial score (nSPS) is 12.2. The van der Waals surface area contributed by atoms with E-state index in [-0.39, 0.29) is 6.10 Å². The van der Waals surface area contributed by atoms with Gasteiger partial charge in [-0.05, 0) is 40.5 Å². The molecule has 0 amide bonds. The van der Waals surface area contributed by atoms with Crippen molar-refractivity contribution in [3.8, 4) is 0 Å². The molecular formula is C24H27NO3. The van der Waals surface area contributed by atoms with Crippen molar-refractivity contribution in [2.75, 3.05) is 6.54 Å². The van der Waals surface area contributed by atoms with Crippen LogP contribution in [0.4, 0.5) is 0 Å². The number of carbonyl (C=O) groups is 1. The highest BCUT2D eigenvalue weighted by Crippen LogP contribution is 2.20. The van der Waals surface area contributed by atoms with Crippen LogP contribution in [0, 0.1) is 0 Å². The number of aromatic carboxylic acids is 1. The van der Waals surface area contributed by atoms with Crippen LogP contribution in [0.5, 0.6) is 0 Å². The van der Waals surface area contributed by atoms with E-state index in [1.54, 1.807) is 12.1 Å². The molecule has 2 N–H and O–H groups in total. The van der Waals surface area contributed by atoms with E-state index >= 15 is 0 Å². The summed E-state index contributed by atoms with van der Waals surface area (Å²) >= 11 is 0. The maximum atomic E-state index is 10.9. The number of nitrogens with one attached hydrogen (secondary N) is 1. The molecule has 0 aliphatic heterocycles. The largest absolute Gasteiger partial charge is 0.478 e. The van der Waals surface area contributed by atoms with Gasteiger partial charge >= 0.3 is 5.97 Å². The molecule has 0 saturated heterocycles. The predicted octanol–water partition coefficient (Wildman–Crippen LogP) is 5.01. The van der Waals surface area contributed by atoms with Crippen molar-refractivity contribution >= 4 is 16.7 Å². The molecule has 146 valence electrons. The van der Waals surface area contributed by atoms with Gasteiger partial charge in [-0.1, -0.05) is 67.9 Å². The van der Waals surface area contributed by atoms with Crippen molar-refractivity contribution in [1.82, 2.24) is 5.32 Å². The molecule has 0 radical (unpaired) electrons. The van der Waals surface area contributed by atoms with Gasteiger partial charge in [-0.25, -0.2) is 4.79 Å². The van der Waals surface area contributed by atoms with Gasteiger partial charge in [-0.15, -0.1) is 0 Å². The van der Waals surface area contributed by atoms with Crippen molar-refractivity contribution in [1.29, 1.82) is 0 Å². The predicted molar refractivity (Wildman–Crippen MR) is 113 cm³/mol. The van der Waals surface area contributed by atoms with Gasteiger partial charge in [0.25, 0.3) is 0 Å². The summed E-state index contributed by atoms with van der Waals surface area (Å²) in [6.07, 6.45) is 2.20. The molecule has 3 rings (SSSR count). The van der Waals surface area contributed by atoms with Crippen molar-refractivity contribution in [2.45, 2.75) is 39.0 Å². The lowest BCUT2D eigenvalue weighted by Gasteiger charge is -2.19. The molecule has 1 unspecified atom stereocenters. The number of hydrogen-bond acceptors (Lipinski definition) is 3. The van der Waals surface area contributed by atoms with E-state index in [9.17, 15) is 4.79 Å². The van der Waals surface area contributed by atoms with Crippen molar-refractivity contribution < 1.29 is 14.6 Å². The average Bonchev–Trinajstić information content (AvgIpc) is 2.72. The van der Waals surface area contributed by atoms with E-state index in [0.29, 0.717) is 18.7 Å². The van der Waals surface area contributed by atoms with Gasteiger partial charge < -0.3 is 15.2 Å². The fourth-order valence-corrected chi connectivity index (χ4v) is 3.33. The Balaban J connectivity index is 1.54.